The van der Waals surface area contributed by atoms with Crippen LogP contribution >= 0.6 is 15.9 Å². The number of hydrogen-bond acceptors (Lipinski definition) is 2. The minimum absolute atomic E-state index is 0.0118. The molecular formula is C11H15BrO2. The Bertz CT molecular complexity index is 345. The second-order valence-electron chi connectivity index (χ2n) is 4.13. The number of rotatable bonds is 2. The van der Waals surface area contributed by atoms with Crippen LogP contribution in [-0.4, -0.2) is 16.8 Å². The lowest BCUT2D eigenvalue weighted by Crippen LogP contribution is -2.23. The van der Waals surface area contributed by atoms with Crippen molar-refractivity contribution in [1.82, 2.24) is 0 Å². The molecule has 0 bridgehead atoms. The molecule has 0 saturated carbocycles. The lowest BCUT2D eigenvalue weighted by molar-refractivity contribution is 0.214. The highest BCUT2D eigenvalue weighted by Gasteiger charge is 2.25. The normalized spacial score (nSPS) is 11.8. The van der Waals surface area contributed by atoms with Gasteiger partial charge in [-0.25, -0.2) is 0 Å². The van der Waals surface area contributed by atoms with Crippen molar-refractivity contribution >= 4 is 15.9 Å². The largest absolute Gasteiger partial charge is 0.506 e. The Morgan fingerprint density at radius 1 is 1.36 bits per heavy atom. The van der Waals surface area contributed by atoms with Gasteiger partial charge in [0.2, 0.25) is 0 Å². The lowest BCUT2D eigenvalue weighted by Gasteiger charge is -2.25. The van der Waals surface area contributed by atoms with Crippen LogP contribution in [0.15, 0.2) is 16.6 Å². The van der Waals surface area contributed by atoms with Crippen LogP contribution in [0.5, 0.6) is 5.75 Å². The summed E-state index contributed by atoms with van der Waals surface area (Å²) in [7, 11) is 0. The Balaban J connectivity index is 3.40. The molecule has 0 heterocycles. The van der Waals surface area contributed by atoms with Crippen molar-refractivity contribution in [3.05, 3.63) is 27.7 Å². The Morgan fingerprint density at radius 2 is 1.93 bits per heavy atom. The number of aliphatic hydroxyl groups excluding tert-OH is 1. The Kier molecular flexibility index (Phi) is 3.22. The van der Waals surface area contributed by atoms with Crippen LogP contribution in [0.1, 0.15) is 25.0 Å². The highest BCUT2D eigenvalue weighted by molar-refractivity contribution is 9.10. The molecule has 0 radical (unpaired) electrons. The van der Waals surface area contributed by atoms with E-state index in [-0.39, 0.29) is 12.4 Å². The van der Waals surface area contributed by atoms with Gasteiger partial charge in [-0.1, -0.05) is 19.9 Å². The first-order chi connectivity index (χ1) is 6.40. The summed E-state index contributed by atoms with van der Waals surface area (Å²) < 4.78 is 0.666. The molecule has 3 heteroatoms. The van der Waals surface area contributed by atoms with E-state index in [1.54, 1.807) is 0 Å². The topological polar surface area (TPSA) is 40.5 Å². The first-order valence-corrected chi connectivity index (χ1v) is 5.29. The van der Waals surface area contributed by atoms with Crippen molar-refractivity contribution in [3.8, 4) is 5.75 Å². The lowest BCUT2D eigenvalue weighted by atomic mass is 9.82. The van der Waals surface area contributed by atoms with Gasteiger partial charge in [0.05, 0.1) is 11.1 Å². The predicted molar refractivity (Wildman–Crippen MR) is 60.7 cm³/mol. The number of aryl methyl sites for hydroxylation is 1. The average Bonchev–Trinajstić information content (AvgIpc) is 2.12. The average molecular weight is 259 g/mol. The zero-order valence-corrected chi connectivity index (χ0v) is 10.2. The summed E-state index contributed by atoms with van der Waals surface area (Å²) in [6.45, 7) is 5.75. The molecule has 1 aromatic rings. The van der Waals surface area contributed by atoms with Crippen molar-refractivity contribution in [2.24, 2.45) is 0 Å². The smallest absolute Gasteiger partial charge is 0.133 e. The van der Waals surface area contributed by atoms with Crippen molar-refractivity contribution in [1.29, 1.82) is 0 Å². The maximum Gasteiger partial charge on any atom is 0.133 e. The van der Waals surface area contributed by atoms with E-state index in [9.17, 15) is 10.2 Å². The van der Waals surface area contributed by atoms with Crippen LogP contribution in [0.4, 0.5) is 0 Å². The van der Waals surface area contributed by atoms with E-state index in [0.717, 1.165) is 11.1 Å². The molecule has 0 saturated heterocycles. The molecule has 0 atom stereocenters. The Labute approximate surface area is 92.7 Å². The SMILES string of the molecule is Cc1ccc(Br)c(O)c1C(C)(C)CO. The molecule has 2 nitrogen and oxygen atoms in total. The molecule has 0 aliphatic carbocycles. The molecule has 0 spiro atoms. The van der Waals surface area contributed by atoms with Gasteiger partial charge in [0.1, 0.15) is 5.75 Å². The van der Waals surface area contributed by atoms with Crippen molar-refractivity contribution in [3.63, 3.8) is 0 Å². The fourth-order valence-corrected chi connectivity index (χ4v) is 1.93. The van der Waals surface area contributed by atoms with E-state index in [1.165, 1.54) is 0 Å². The number of halogens is 1. The van der Waals surface area contributed by atoms with E-state index >= 15 is 0 Å². The number of hydrogen-bond donors (Lipinski definition) is 2. The van der Waals surface area contributed by atoms with Crippen LogP contribution in [-0.2, 0) is 5.41 Å². The molecule has 0 unspecified atom stereocenters. The van der Waals surface area contributed by atoms with E-state index in [2.05, 4.69) is 15.9 Å². The molecule has 0 fully saturated rings. The molecule has 1 rings (SSSR count). The predicted octanol–water partition coefficient (Wildman–Crippen LogP) is 2.73. The van der Waals surface area contributed by atoms with Crippen LogP contribution in [0.3, 0.4) is 0 Å². The van der Waals surface area contributed by atoms with E-state index in [1.807, 2.05) is 32.9 Å². The molecule has 14 heavy (non-hydrogen) atoms. The minimum atomic E-state index is -0.419. The molecule has 0 amide bonds. The van der Waals surface area contributed by atoms with Gasteiger partial charge in [0.25, 0.3) is 0 Å². The summed E-state index contributed by atoms with van der Waals surface area (Å²) in [5.74, 6) is 0.226. The zero-order valence-electron chi connectivity index (χ0n) is 8.63. The van der Waals surface area contributed by atoms with Crippen LogP contribution < -0.4 is 0 Å². The summed E-state index contributed by atoms with van der Waals surface area (Å²) in [5, 5.41) is 19.1. The molecule has 78 valence electrons. The second kappa shape index (κ2) is 3.91. The fraction of sp³-hybridized carbons (Fsp3) is 0.455. The molecule has 2 N–H and O–H groups in total. The number of benzene rings is 1. The summed E-state index contributed by atoms with van der Waals surface area (Å²) >= 11 is 3.27. The standard InChI is InChI=1S/C11H15BrO2/c1-7-4-5-8(12)10(14)9(7)11(2,3)6-13/h4-5,13-14H,6H2,1-3H3. The van der Waals surface area contributed by atoms with Gasteiger partial charge in [-0.05, 0) is 34.5 Å². The number of phenolic OH excluding ortho intramolecular Hbond substituents is 1. The van der Waals surface area contributed by atoms with Crippen LogP contribution in [0.25, 0.3) is 0 Å². The van der Waals surface area contributed by atoms with E-state index in [0.29, 0.717) is 4.47 Å². The molecule has 0 aliphatic rings. The highest BCUT2D eigenvalue weighted by Crippen LogP contribution is 2.38. The van der Waals surface area contributed by atoms with Crippen molar-refractivity contribution in [2.45, 2.75) is 26.2 Å². The maximum absolute atomic E-state index is 9.89. The van der Waals surface area contributed by atoms with Gasteiger partial charge in [0.15, 0.2) is 0 Å². The molecule has 1 aromatic carbocycles. The van der Waals surface area contributed by atoms with Crippen molar-refractivity contribution < 1.29 is 10.2 Å². The third kappa shape index (κ3) is 1.93. The van der Waals surface area contributed by atoms with Crippen LogP contribution in [0, 0.1) is 6.92 Å². The van der Waals surface area contributed by atoms with Gasteiger partial charge in [-0.15, -0.1) is 0 Å². The van der Waals surface area contributed by atoms with E-state index in [4.69, 9.17) is 0 Å². The first-order valence-electron chi connectivity index (χ1n) is 4.49. The second-order valence-corrected chi connectivity index (χ2v) is 4.98. The highest BCUT2D eigenvalue weighted by atomic mass is 79.9. The van der Waals surface area contributed by atoms with Gasteiger partial charge in [-0.3, -0.25) is 0 Å². The summed E-state index contributed by atoms with van der Waals surface area (Å²) in [6.07, 6.45) is 0. The minimum Gasteiger partial charge on any atom is -0.506 e. The van der Waals surface area contributed by atoms with Gasteiger partial charge in [0, 0.05) is 11.0 Å². The third-order valence-electron chi connectivity index (χ3n) is 2.41. The zero-order chi connectivity index (χ0) is 10.9. The number of aliphatic hydroxyl groups is 1. The Morgan fingerprint density at radius 3 is 2.43 bits per heavy atom. The fourth-order valence-electron chi connectivity index (χ4n) is 1.60. The Hall–Kier alpha value is -0.540. The number of aromatic hydroxyl groups is 1. The summed E-state index contributed by atoms with van der Waals surface area (Å²) in [4.78, 5) is 0. The summed E-state index contributed by atoms with van der Waals surface area (Å²) in [5.41, 5.74) is 1.37. The monoisotopic (exact) mass is 258 g/mol. The molecule has 0 aliphatic heterocycles. The first kappa shape index (κ1) is 11.5. The molecule has 0 aromatic heterocycles. The molecular weight excluding hydrogens is 244 g/mol. The van der Waals surface area contributed by atoms with Gasteiger partial charge >= 0.3 is 0 Å². The summed E-state index contributed by atoms with van der Waals surface area (Å²) in [6, 6.07) is 3.73. The number of phenols is 1. The van der Waals surface area contributed by atoms with Gasteiger partial charge in [-0.2, -0.15) is 0 Å². The third-order valence-corrected chi connectivity index (χ3v) is 3.05. The van der Waals surface area contributed by atoms with Gasteiger partial charge < -0.3 is 10.2 Å². The van der Waals surface area contributed by atoms with E-state index < -0.39 is 5.41 Å². The van der Waals surface area contributed by atoms with Crippen LogP contribution in [0.2, 0.25) is 0 Å². The quantitative estimate of drug-likeness (QED) is 0.857. The maximum atomic E-state index is 9.89. The van der Waals surface area contributed by atoms with Crippen molar-refractivity contribution in [2.75, 3.05) is 6.61 Å².